The minimum atomic E-state index is -0.547. The van der Waals surface area contributed by atoms with E-state index in [2.05, 4.69) is 15.3 Å². The van der Waals surface area contributed by atoms with Crippen LogP contribution in [0.25, 0.3) is 0 Å². The van der Waals surface area contributed by atoms with Crippen LogP contribution in [-0.2, 0) is 4.79 Å². The number of aromatic amines is 1. The minimum absolute atomic E-state index is 0.0165. The van der Waals surface area contributed by atoms with E-state index in [0.29, 0.717) is 17.1 Å². The van der Waals surface area contributed by atoms with Gasteiger partial charge in [0.2, 0.25) is 5.91 Å². The zero-order valence-electron chi connectivity index (χ0n) is 12.5. The maximum atomic E-state index is 12.0. The molecule has 1 aromatic heterocycles. The first-order valence-electron chi connectivity index (χ1n) is 6.62. The molecule has 7 nitrogen and oxygen atoms in total. The molecule has 2 rings (SSSR count). The molecule has 0 aliphatic heterocycles. The SMILES string of the molecule is COc1ccccc1NC(=O)CSc1nc(=O)[nH]c(C)c1C#N. The number of ether oxygens (including phenoxy) is 1. The number of nitrogens with one attached hydrogen (secondary N) is 2. The number of nitrogens with zero attached hydrogens (tertiary/aromatic N) is 2. The maximum absolute atomic E-state index is 12.0. The Hall–Kier alpha value is -2.79. The lowest BCUT2D eigenvalue weighted by atomic mass is 10.3. The van der Waals surface area contributed by atoms with Crippen molar-refractivity contribution >= 4 is 23.4 Å². The Morgan fingerprint density at radius 2 is 2.22 bits per heavy atom. The van der Waals surface area contributed by atoms with Crippen LogP contribution in [0, 0.1) is 18.3 Å². The van der Waals surface area contributed by atoms with Gasteiger partial charge in [0.15, 0.2) is 0 Å². The number of aromatic nitrogens is 2. The lowest BCUT2D eigenvalue weighted by molar-refractivity contribution is -0.113. The van der Waals surface area contributed by atoms with Gasteiger partial charge < -0.3 is 15.0 Å². The van der Waals surface area contributed by atoms with Crippen LogP contribution in [0.3, 0.4) is 0 Å². The molecule has 0 unspecified atom stereocenters. The molecule has 0 aliphatic rings. The van der Waals surface area contributed by atoms with Crippen molar-refractivity contribution in [3.8, 4) is 11.8 Å². The second-order valence-corrected chi connectivity index (χ2v) is 5.46. The second kappa shape index (κ2) is 7.47. The lowest BCUT2D eigenvalue weighted by Gasteiger charge is -2.09. The van der Waals surface area contributed by atoms with Crippen molar-refractivity contribution < 1.29 is 9.53 Å². The fourth-order valence-electron chi connectivity index (χ4n) is 1.86. The van der Waals surface area contributed by atoms with Crippen LogP contribution in [0.2, 0.25) is 0 Å². The highest BCUT2D eigenvalue weighted by Crippen LogP contribution is 2.24. The number of rotatable bonds is 5. The lowest BCUT2D eigenvalue weighted by Crippen LogP contribution is -2.17. The molecule has 23 heavy (non-hydrogen) atoms. The number of methoxy groups -OCH3 is 1. The van der Waals surface area contributed by atoms with Crippen molar-refractivity contribution in [3.05, 3.63) is 46.0 Å². The van der Waals surface area contributed by atoms with E-state index in [-0.39, 0.29) is 22.2 Å². The van der Waals surface area contributed by atoms with Gasteiger partial charge in [-0.3, -0.25) is 4.79 Å². The number of carbonyl (C=O) groups excluding carboxylic acids is 1. The molecule has 0 atom stereocenters. The number of benzene rings is 1. The molecule has 0 aliphatic carbocycles. The topological polar surface area (TPSA) is 108 Å². The van der Waals surface area contributed by atoms with E-state index in [1.54, 1.807) is 31.2 Å². The third-order valence-corrected chi connectivity index (χ3v) is 3.89. The smallest absolute Gasteiger partial charge is 0.346 e. The average Bonchev–Trinajstić information content (AvgIpc) is 2.53. The first kappa shape index (κ1) is 16.6. The van der Waals surface area contributed by atoms with Crippen molar-refractivity contribution in [1.29, 1.82) is 5.26 Å². The predicted octanol–water partition coefficient (Wildman–Crippen LogP) is 1.69. The predicted molar refractivity (Wildman–Crippen MR) is 86.7 cm³/mol. The van der Waals surface area contributed by atoms with Gasteiger partial charge in [-0.2, -0.15) is 10.2 Å². The standard InChI is InChI=1S/C15H14N4O3S/c1-9-10(7-16)14(19-15(21)17-9)23-8-13(20)18-11-5-3-4-6-12(11)22-2/h3-6H,8H2,1-2H3,(H,18,20)(H,17,19,21). The number of H-pyrrole nitrogens is 1. The van der Waals surface area contributed by atoms with Crippen molar-refractivity contribution in [1.82, 2.24) is 9.97 Å². The summed E-state index contributed by atoms with van der Waals surface area (Å²) in [5.41, 5.74) is 0.699. The van der Waals surface area contributed by atoms with E-state index < -0.39 is 5.69 Å². The van der Waals surface area contributed by atoms with Gasteiger partial charge in [-0.1, -0.05) is 23.9 Å². The average molecular weight is 330 g/mol. The van der Waals surface area contributed by atoms with Crippen molar-refractivity contribution in [2.75, 3.05) is 18.2 Å². The van der Waals surface area contributed by atoms with Crippen LogP contribution in [0.4, 0.5) is 5.69 Å². The number of hydrogen-bond acceptors (Lipinski definition) is 6. The third kappa shape index (κ3) is 4.11. The minimum Gasteiger partial charge on any atom is -0.495 e. The number of anilines is 1. The number of hydrogen-bond donors (Lipinski definition) is 2. The van der Waals surface area contributed by atoms with Crippen LogP contribution in [0.1, 0.15) is 11.3 Å². The molecule has 0 fully saturated rings. The van der Waals surface area contributed by atoms with E-state index in [0.717, 1.165) is 11.8 Å². The van der Waals surface area contributed by atoms with Crippen molar-refractivity contribution in [2.24, 2.45) is 0 Å². The Kier molecular flexibility index (Phi) is 5.38. The van der Waals surface area contributed by atoms with E-state index in [1.807, 2.05) is 6.07 Å². The van der Waals surface area contributed by atoms with Crippen molar-refractivity contribution in [2.45, 2.75) is 11.9 Å². The molecule has 0 radical (unpaired) electrons. The molecule has 1 aromatic carbocycles. The normalized spacial score (nSPS) is 9.96. The summed E-state index contributed by atoms with van der Waals surface area (Å²) < 4.78 is 5.15. The zero-order valence-corrected chi connectivity index (χ0v) is 13.4. The zero-order chi connectivity index (χ0) is 16.8. The summed E-state index contributed by atoms with van der Waals surface area (Å²) in [6, 6.07) is 9.01. The molecule has 0 saturated heterocycles. The first-order chi connectivity index (χ1) is 11.0. The van der Waals surface area contributed by atoms with Crippen LogP contribution in [0.5, 0.6) is 5.75 Å². The van der Waals surface area contributed by atoms with Gasteiger partial charge >= 0.3 is 5.69 Å². The first-order valence-corrected chi connectivity index (χ1v) is 7.60. The van der Waals surface area contributed by atoms with Gasteiger partial charge in [0.1, 0.15) is 22.4 Å². The van der Waals surface area contributed by atoms with E-state index in [9.17, 15) is 9.59 Å². The summed E-state index contributed by atoms with van der Waals surface area (Å²) in [6.45, 7) is 1.61. The summed E-state index contributed by atoms with van der Waals surface area (Å²) in [5, 5.41) is 12.1. The molecule has 118 valence electrons. The molecular formula is C15H14N4O3S. The number of thioether (sulfide) groups is 1. The molecule has 0 spiro atoms. The van der Waals surface area contributed by atoms with E-state index >= 15 is 0 Å². The highest BCUT2D eigenvalue weighted by atomic mass is 32.2. The second-order valence-electron chi connectivity index (χ2n) is 4.50. The van der Waals surface area contributed by atoms with Gasteiger partial charge in [-0.15, -0.1) is 0 Å². The highest BCUT2D eigenvalue weighted by molar-refractivity contribution is 8.00. The van der Waals surface area contributed by atoms with E-state index in [1.165, 1.54) is 7.11 Å². The monoisotopic (exact) mass is 330 g/mol. The van der Waals surface area contributed by atoms with Crippen LogP contribution >= 0.6 is 11.8 Å². The highest BCUT2D eigenvalue weighted by Gasteiger charge is 2.13. The van der Waals surface area contributed by atoms with E-state index in [4.69, 9.17) is 10.00 Å². The molecule has 0 bridgehead atoms. The van der Waals surface area contributed by atoms with Crippen LogP contribution < -0.4 is 15.7 Å². The number of para-hydroxylation sites is 2. The van der Waals surface area contributed by atoms with Gasteiger partial charge in [0.25, 0.3) is 0 Å². The summed E-state index contributed by atoms with van der Waals surface area (Å²) in [5.74, 6) is 0.277. The molecule has 8 heteroatoms. The number of carbonyl (C=O) groups is 1. The quantitative estimate of drug-likeness (QED) is 0.638. The summed E-state index contributed by atoms with van der Waals surface area (Å²) >= 11 is 1.03. The fraction of sp³-hybridized carbons (Fsp3) is 0.200. The van der Waals surface area contributed by atoms with Gasteiger partial charge in [0.05, 0.1) is 18.6 Å². The molecule has 2 N–H and O–H groups in total. The summed E-state index contributed by atoms with van der Waals surface area (Å²) in [4.78, 5) is 29.6. The Labute approximate surface area is 136 Å². The number of nitriles is 1. The fourth-order valence-corrected chi connectivity index (χ4v) is 2.69. The Morgan fingerprint density at radius 3 is 2.91 bits per heavy atom. The summed E-state index contributed by atoms with van der Waals surface area (Å²) in [7, 11) is 1.52. The Bertz CT molecular complexity index is 826. The van der Waals surface area contributed by atoms with Gasteiger partial charge in [-0.05, 0) is 19.1 Å². The molecule has 0 saturated carbocycles. The molecular weight excluding hydrogens is 316 g/mol. The van der Waals surface area contributed by atoms with Crippen LogP contribution in [-0.4, -0.2) is 28.7 Å². The number of aryl methyl sites for hydroxylation is 1. The summed E-state index contributed by atoms with van der Waals surface area (Å²) in [6.07, 6.45) is 0. The molecule has 2 aromatic rings. The molecule has 1 heterocycles. The number of amides is 1. The van der Waals surface area contributed by atoms with Gasteiger partial charge in [-0.25, -0.2) is 4.79 Å². The largest absolute Gasteiger partial charge is 0.495 e. The maximum Gasteiger partial charge on any atom is 0.346 e. The van der Waals surface area contributed by atoms with Crippen molar-refractivity contribution in [3.63, 3.8) is 0 Å². The molecule has 1 amide bonds. The van der Waals surface area contributed by atoms with Crippen LogP contribution in [0.15, 0.2) is 34.1 Å². The Balaban J connectivity index is 2.08. The van der Waals surface area contributed by atoms with Gasteiger partial charge in [0, 0.05) is 5.69 Å². The Morgan fingerprint density at radius 1 is 1.48 bits per heavy atom. The third-order valence-electron chi connectivity index (χ3n) is 2.92.